The number of carbonyl (C=O) groups excluding carboxylic acids is 1. The normalized spacial score (nSPS) is 10.5. The molecule has 1 amide bonds. The molecule has 2 aromatic rings. The number of hydrogen-bond donors (Lipinski definition) is 2. The van der Waals surface area contributed by atoms with Gasteiger partial charge in [-0.15, -0.1) is 0 Å². The van der Waals surface area contributed by atoms with Crippen molar-refractivity contribution in [3.8, 4) is 11.5 Å². The predicted octanol–water partition coefficient (Wildman–Crippen LogP) is 3.28. The van der Waals surface area contributed by atoms with Gasteiger partial charge >= 0.3 is 0 Å². The SMILES string of the molecule is COc1ccccc1NC(=O)COc1ccc(Br)cc1C=NO. The molecule has 7 heteroatoms. The molecule has 0 radical (unpaired) electrons. The fourth-order valence-corrected chi connectivity index (χ4v) is 2.27. The van der Waals surface area contributed by atoms with Crippen LogP contribution in [0.2, 0.25) is 0 Å². The van der Waals surface area contributed by atoms with Crippen LogP contribution in [0, 0.1) is 0 Å². The number of oxime groups is 1. The molecule has 0 spiro atoms. The summed E-state index contributed by atoms with van der Waals surface area (Å²) in [5, 5.41) is 14.4. The Morgan fingerprint density at radius 1 is 1.30 bits per heavy atom. The first-order chi connectivity index (χ1) is 11.1. The Labute approximate surface area is 141 Å². The molecule has 0 saturated heterocycles. The first kappa shape index (κ1) is 16.8. The molecule has 0 fully saturated rings. The van der Waals surface area contributed by atoms with Crippen LogP contribution in [0.15, 0.2) is 52.1 Å². The van der Waals surface area contributed by atoms with E-state index < -0.39 is 0 Å². The molecule has 0 heterocycles. The highest BCUT2D eigenvalue weighted by Gasteiger charge is 2.09. The lowest BCUT2D eigenvalue weighted by molar-refractivity contribution is -0.118. The van der Waals surface area contributed by atoms with Crippen LogP contribution in [0.4, 0.5) is 5.69 Å². The van der Waals surface area contributed by atoms with Gasteiger partial charge in [0.05, 0.1) is 19.0 Å². The third-order valence-electron chi connectivity index (χ3n) is 2.91. The van der Waals surface area contributed by atoms with Crippen molar-refractivity contribution >= 4 is 33.7 Å². The molecule has 120 valence electrons. The van der Waals surface area contributed by atoms with Gasteiger partial charge in [0.2, 0.25) is 0 Å². The van der Waals surface area contributed by atoms with E-state index in [2.05, 4.69) is 26.4 Å². The maximum atomic E-state index is 12.0. The molecule has 2 aromatic carbocycles. The fourth-order valence-electron chi connectivity index (χ4n) is 1.89. The van der Waals surface area contributed by atoms with Crippen molar-refractivity contribution < 1.29 is 19.5 Å². The van der Waals surface area contributed by atoms with Crippen LogP contribution in [-0.2, 0) is 4.79 Å². The predicted molar refractivity (Wildman–Crippen MR) is 90.6 cm³/mol. The van der Waals surface area contributed by atoms with Gasteiger partial charge in [0, 0.05) is 10.0 Å². The van der Waals surface area contributed by atoms with E-state index in [9.17, 15) is 4.79 Å². The van der Waals surface area contributed by atoms with Gasteiger partial charge in [-0.25, -0.2) is 0 Å². The third kappa shape index (κ3) is 4.72. The zero-order chi connectivity index (χ0) is 16.7. The quantitative estimate of drug-likeness (QED) is 0.459. The number of nitrogens with zero attached hydrogens (tertiary/aromatic N) is 1. The van der Waals surface area contributed by atoms with Crippen molar-refractivity contribution in [1.29, 1.82) is 0 Å². The van der Waals surface area contributed by atoms with Crippen molar-refractivity contribution in [2.75, 3.05) is 19.0 Å². The monoisotopic (exact) mass is 378 g/mol. The highest BCUT2D eigenvalue weighted by molar-refractivity contribution is 9.10. The van der Waals surface area contributed by atoms with Gasteiger partial charge in [0.15, 0.2) is 6.61 Å². The van der Waals surface area contributed by atoms with Crippen LogP contribution >= 0.6 is 15.9 Å². The first-order valence-electron chi connectivity index (χ1n) is 6.66. The Balaban J connectivity index is 2.02. The number of para-hydroxylation sites is 2. The number of anilines is 1. The second-order valence-corrected chi connectivity index (χ2v) is 5.38. The van der Waals surface area contributed by atoms with Crippen molar-refractivity contribution in [3.63, 3.8) is 0 Å². The molecular formula is C16H15BrN2O4. The van der Waals surface area contributed by atoms with Gasteiger partial charge in [0.25, 0.3) is 5.91 Å². The Hall–Kier alpha value is -2.54. The van der Waals surface area contributed by atoms with E-state index in [0.717, 1.165) is 4.47 Å². The lowest BCUT2D eigenvalue weighted by atomic mass is 10.2. The number of carbonyl (C=O) groups is 1. The highest BCUT2D eigenvalue weighted by Crippen LogP contribution is 2.24. The van der Waals surface area contributed by atoms with Crippen LogP contribution in [0.3, 0.4) is 0 Å². The average molecular weight is 379 g/mol. The molecule has 0 bridgehead atoms. The summed E-state index contributed by atoms with van der Waals surface area (Å²) < 4.78 is 11.4. The largest absolute Gasteiger partial charge is 0.495 e. The molecule has 0 unspecified atom stereocenters. The second kappa shape index (κ2) is 8.19. The summed E-state index contributed by atoms with van der Waals surface area (Å²) in [5.74, 6) is 0.670. The Kier molecular flexibility index (Phi) is 5.99. The van der Waals surface area contributed by atoms with E-state index in [0.29, 0.717) is 22.7 Å². The van der Waals surface area contributed by atoms with E-state index in [1.165, 1.54) is 13.3 Å². The van der Waals surface area contributed by atoms with Crippen molar-refractivity contribution in [3.05, 3.63) is 52.5 Å². The van der Waals surface area contributed by atoms with Crippen LogP contribution < -0.4 is 14.8 Å². The Morgan fingerprint density at radius 2 is 2.09 bits per heavy atom. The summed E-state index contributed by atoms with van der Waals surface area (Å²) in [7, 11) is 1.53. The number of nitrogens with one attached hydrogen (secondary N) is 1. The van der Waals surface area contributed by atoms with Gasteiger partial charge in [-0.3, -0.25) is 4.79 Å². The second-order valence-electron chi connectivity index (χ2n) is 4.46. The zero-order valence-electron chi connectivity index (χ0n) is 12.3. The number of hydrogen-bond acceptors (Lipinski definition) is 5. The van der Waals surface area contributed by atoms with E-state index >= 15 is 0 Å². The Bertz CT molecular complexity index is 719. The molecule has 2 rings (SSSR count). The van der Waals surface area contributed by atoms with Crippen molar-refractivity contribution in [2.24, 2.45) is 5.16 Å². The van der Waals surface area contributed by atoms with Crippen LogP contribution in [0.5, 0.6) is 11.5 Å². The smallest absolute Gasteiger partial charge is 0.262 e. The lowest BCUT2D eigenvalue weighted by Crippen LogP contribution is -2.20. The van der Waals surface area contributed by atoms with Gasteiger partial charge in [0.1, 0.15) is 11.5 Å². The molecule has 0 aliphatic rings. The summed E-state index contributed by atoms with van der Waals surface area (Å²) in [5.41, 5.74) is 1.11. The van der Waals surface area contributed by atoms with Crippen LogP contribution in [0.1, 0.15) is 5.56 Å². The molecule has 0 saturated carbocycles. The standard InChI is InChI=1S/C16H15BrN2O4/c1-22-15-5-3-2-4-13(15)19-16(20)10-23-14-7-6-12(17)8-11(14)9-18-21/h2-9,21H,10H2,1H3,(H,19,20). The number of benzene rings is 2. The zero-order valence-corrected chi connectivity index (χ0v) is 13.9. The fraction of sp³-hybridized carbons (Fsp3) is 0.125. The number of amides is 1. The number of halogens is 1. The highest BCUT2D eigenvalue weighted by atomic mass is 79.9. The van der Waals surface area contributed by atoms with E-state index in [-0.39, 0.29) is 12.5 Å². The molecule has 23 heavy (non-hydrogen) atoms. The molecule has 0 aromatic heterocycles. The van der Waals surface area contributed by atoms with Gasteiger partial charge in [-0.05, 0) is 30.3 Å². The molecule has 6 nitrogen and oxygen atoms in total. The molecule has 0 aliphatic heterocycles. The number of ether oxygens (including phenoxy) is 2. The topological polar surface area (TPSA) is 80.2 Å². The molecule has 2 N–H and O–H groups in total. The molecule has 0 aliphatic carbocycles. The van der Waals surface area contributed by atoms with Gasteiger partial charge in [-0.1, -0.05) is 33.2 Å². The molecule has 0 atom stereocenters. The number of methoxy groups -OCH3 is 1. The minimum Gasteiger partial charge on any atom is -0.495 e. The average Bonchev–Trinajstić information content (AvgIpc) is 2.55. The number of rotatable bonds is 6. The van der Waals surface area contributed by atoms with Crippen molar-refractivity contribution in [2.45, 2.75) is 0 Å². The Morgan fingerprint density at radius 3 is 2.83 bits per heavy atom. The van der Waals surface area contributed by atoms with Crippen LogP contribution in [0.25, 0.3) is 0 Å². The summed E-state index contributed by atoms with van der Waals surface area (Å²) in [6.07, 6.45) is 1.23. The summed E-state index contributed by atoms with van der Waals surface area (Å²) in [4.78, 5) is 12.0. The maximum Gasteiger partial charge on any atom is 0.262 e. The minimum atomic E-state index is -0.329. The molecular weight excluding hydrogens is 364 g/mol. The summed E-state index contributed by atoms with van der Waals surface area (Å²) in [6, 6.07) is 12.3. The van der Waals surface area contributed by atoms with E-state index in [4.69, 9.17) is 14.7 Å². The van der Waals surface area contributed by atoms with Crippen LogP contribution in [-0.4, -0.2) is 31.0 Å². The third-order valence-corrected chi connectivity index (χ3v) is 3.40. The first-order valence-corrected chi connectivity index (χ1v) is 7.46. The van der Waals surface area contributed by atoms with Crippen molar-refractivity contribution in [1.82, 2.24) is 0 Å². The van der Waals surface area contributed by atoms with Gasteiger partial charge in [-0.2, -0.15) is 0 Å². The van der Waals surface area contributed by atoms with E-state index in [1.54, 1.807) is 36.4 Å². The maximum absolute atomic E-state index is 12.0. The lowest BCUT2D eigenvalue weighted by Gasteiger charge is -2.11. The summed E-state index contributed by atoms with van der Waals surface area (Å²) in [6.45, 7) is -0.189. The minimum absolute atomic E-state index is 0.189. The van der Waals surface area contributed by atoms with Gasteiger partial charge < -0.3 is 20.0 Å². The van der Waals surface area contributed by atoms with E-state index in [1.807, 2.05) is 6.07 Å². The summed E-state index contributed by atoms with van der Waals surface area (Å²) >= 11 is 3.31.